The third-order valence-electron chi connectivity index (χ3n) is 3.87. The molecule has 0 radical (unpaired) electrons. The highest BCUT2D eigenvalue weighted by Crippen LogP contribution is 2.26. The molecule has 0 aliphatic carbocycles. The number of benzene rings is 1. The number of aliphatic hydroxyl groups is 1. The van der Waals surface area contributed by atoms with Crippen molar-refractivity contribution in [1.82, 2.24) is 0 Å². The summed E-state index contributed by atoms with van der Waals surface area (Å²) < 4.78 is 5.84. The fraction of sp³-hybridized carbons (Fsp3) is 0.684. The van der Waals surface area contributed by atoms with Crippen LogP contribution in [0, 0.1) is 6.92 Å². The van der Waals surface area contributed by atoms with E-state index in [0.29, 0.717) is 0 Å². The van der Waals surface area contributed by atoms with Crippen LogP contribution in [0.15, 0.2) is 18.2 Å². The molecule has 0 saturated heterocycles. The average molecular weight is 292 g/mol. The first-order valence-electron chi connectivity index (χ1n) is 8.56. The molecular weight excluding hydrogens is 260 g/mol. The Morgan fingerprint density at radius 3 is 2.24 bits per heavy atom. The van der Waals surface area contributed by atoms with Crippen LogP contribution in [0.3, 0.4) is 0 Å². The van der Waals surface area contributed by atoms with Crippen molar-refractivity contribution in [1.29, 1.82) is 0 Å². The topological polar surface area (TPSA) is 29.5 Å². The Bertz CT molecular complexity index is 385. The van der Waals surface area contributed by atoms with E-state index in [-0.39, 0.29) is 0 Å². The summed E-state index contributed by atoms with van der Waals surface area (Å²) in [5, 5.41) is 9.79. The Kier molecular flexibility index (Phi) is 9.16. The molecule has 21 heavy (non-hydrogen) atoms. The lowest BCUT2D eigenvalue weighted by Crippen LogP contribution is -2.02. The molecule has 0 aromatic heterocycles. The van der Waals surface area contributed by atoms with E-state index in [2.05, 4.69) is 6.92 Å². The van der Waals surface area contributed by atoms with Crippen molar-refractivity contribution < 1.29 is 9.84 Å². The monoisotopic (exact) mass is 292 g/mol. The van der Waals surface area contributed by atoms with E-state index in [1.54, 1.807) is 6.92 Å². The van der Waals surface area contributed by atoms with Crippen LogP contribution in [0.25, 0.3) is 0 Å². The molecule has 0 fully saturated rings. The first-order valence-corrected chi connectivity index (χ1v) is 8.56. The van der Waals surface area contributed by atoms with E-state index < -0.39 is 6.10 Å². The summed E-state index contributed by atoms with van der Waals surface area (Å²) in [6.45, 7) is 6.83. The Labute approximate surface area is 130 Å². The van der Waals surface area contributed by atoms with E-state index in [0.717, 1.165) is 29.9 Å². The SMILES string of the molecule is CCCCCCCCCCOc1ccc(C)cc1C(C)O. The molecule has 1 aromatic carbocycles. The zero-order valence-corrected chi connectivity index (χ0v) is 14.0. The smallest absolute Gasteiger partial charge is 0.125 e. The van der Waals surface area contributed by atoms with Gasteiger partial charge >= 0.3 is 0 Å². The highest BCUT2D eigenvalue weighted by Gasteiger charge is 2.09. The van der Waals surface area contributed by atoms with Crippen molar-refractivity contribution in [3.8, 4) is 5.75 Å². The summed E-state index contributed by atoms with van der Waals surface area (Å²) in [6.07, 6.45) is 9.97. The van der Waals surface area contributed by atoms with Crippen LogP contribution in [0.2, 0.25) is 0 Å². The minimum Gasteiger partial charge on any atom is -0.493 e. The number of rotatable bonds is 11. The van der Waals surface area contributed by atoms with Gasteiger partial charge in [-0.05, 0) is 32.4 Å². The van der Waals surface area contributed by atoms with Crippen LogP contribution < -0.4 is 4.74 Å². The van der Waals surface area contributed by atoms with Gasteiger partial charge in [-0.15, -0.1) is 0 Å². The molecule has 2 heteroatoms. The molecule has 1 atom stereocenters. The van der Waals surface area contributed by atoms with Crippen LogP contribution in [0.4, 0.5) is 0 Å². The zero-order chi connectivity index (χ0) is 15.5. The maximum atomic E-state index is 9.79. The van der Waals surface area contributed by atoms with E-state index in [1.165, 1.54) is 44.9 Å². The van der Waals surface area contributed by atoms with Crippen molar-refractivity contribution in [2.75, 3.05) is 6.61 Å². The van der Waals surface area contributed by atoms with E-state index in [9.17, 15) is 5.11 Å². The van der Waals surface area contributed by atoms with Crippen molar-refractivity contribution in [2.24, 2.45) is 0 Å². The summed E-state index contributed by atoms with van der Waals surface area (Å²) in [5.74, 6) is 0.832. The Morgan fingerprint density at radius 1 is 1.00 bits per heavy atom. The molecule has 0 heterocycles. The van der Waals surface area contributed by atoms with Crippen molar-refractivity contribution in [3.63, 3.8) is 0 Å². The number of aryl methyl sites for hydroxylation is 1. The molecule has 1 aromatic rings. The maximum Gasteiger partial charge on any atom is 0.125 e. The third kappa shape index (κ3) is 7.52. The molecule has 0 bridgehead atoms. The second-order valence-electron chi connectivity index (χ2n) is 6.04. The molecule has 1 N–H and O–H groups in total. The lowest BCUT2D eigenvalue weighted by atomic mass is 10.1. The van der Waals surface area contributed by atoms with Gasteiger partial charge in [0.25, 0.3) is 0 Å². The van der Waals surface area contributed by atoms with Crippen molar-refractivity contribution in [3.05, 3.63) is 29.3 Å². The lowest BCUT2D eigenvalue weighted by molar-refractivity contribution is 0.190. The molecule has 0 saturated carbocycles. The number of aliphatic hydroxyl groups excluding tert-OH is 1. The molecule has 1 rings (SSSR count). The van der Waals surface area contributed by atoms with Crippen molar-refractivity contribution in [2.45, 2.75) is 78.2 Å². The fourth-order valence-electron chi connectivity index (χ4n) is 2.54. The van der Waals surface area contributed by atoms with Gasteiger partial charge in [-0.3, -0.25) is 0 Å². The number of ether oxygens (including phenoxy) is 1. The van der Waals surface area contributed by atoms with Crippen LogP contribution in [0.1, 0.15) is 82.4 Å². The standard InChI is InChI=1S/C19H32O2/c1-4-5-6-7-8-9-10-11-14-21-19-13-12-16(2)15-18(19)17(3)20/h12-13,15,17,20H,4-11,14H2,1-3H3. The van der Waals surface area contributed by atoms with Crippen LogP contribution in [-0.2, 0) is 0 Å². The highest BCUT2D eigenvalue weighted by atomic mass is 16.5. The van der Waals surface area contributed by atoms with Crippen molar-refractivity contribution >= 4 is 0 Å². The molecule has 1 unspecified atom stereocenters. The summed E-state index contributed by atoms with van der Waals surface area (Å²) in [6, 6.07) is 6.02. The molecule has 0 amide bonds. The largest absolute Gasteiger partial charge is 0.493 e. The molecular formula is C19H32O2. The van der Waals surface area contributed by atoms with E-state index in [4.69, 9.17) is 4.74 Å². The number of hydrogen-bond donors (Lipinski definition) is 1. The Morgan fingerprint density at radius 2 is 1.62 bits per heavy atom. The highest BCUT2D eigenvalue weighted by molar-refractivity contribution is 5.38. The maximum absolute atomic E-state index is 9.79. The van der Waals surface area contributed by atoms with Gasteiger partial charge in [-0.2, -0.15) is 0 Å². The Balaban J connectivity index is 2.18. The number of hydrogen-bond acceptors (Lipinski definition) is 2. The van der Waals surface area contributed by atoms with Gasteiger partial charge in [-0.25, -0.2) is 0 Å². The van der Waals surface area contributed by atoms with Gasteiger partial charge in [0.15, 0.2) is 0 Å². The van der Waals surface area contributed by atoms with Gasteiger partial charge in [0.05, 0.1) is 12.7 Å². The fourth-order valence-corrected chi connectivity index (χ4v) is 2.54. The van der Waals surface area contributed by atoms with Gasteiger partial charge in [0, 0.05) is 5.56 Å². The van der Waals surface area contributed by atoms with Gasteiger partial charge in [-0.1, -0.05) is 63.5 Å². The predicted molar refractivity (Wildman–Crippen MR) is 89.9 cm³/mol. The first kappa shape index (κ1) is 18.0. The predicted octanol–water partition coefficient (Wildman–Crippen LogP) is 5.57. The van der Waals surface area contributed by atoms with Gasteiger partial charge in [0.1, 0.15) is 5.75 Å². The molecule has 0 aliphatic rings. The minimum absolute atomic E-state index is 0.474. The minimum atomic E-state index is -0.474. The van der Waals surface area contributed by atoms with E-state index in [1.807, 2.05) is 25.1 Å². The molecule has 0 spiro atoms. The van der Waals surface area contributed by atoms with Crippen LogP contribution >= 0.6 is 0 Å². The summed E-state index contributed by atoms with van der Waals surface area (Å²) in [5.41, 5.74) is 2.06. The quantitative estimate of drug-likeness (QED) is 0.540. The number of unbranched alkanes of at least 4 members (excludes halogenated alkanes) is 7. The third-order valence-corrected chi connectivity index (χ3v) is 3.87. The summed E-state index contributed by atoms with van der Waals surface area (Å²) in [7, 11) is 0. The molecule has 0 aliphatic heterocycles. The zero-order valence-electron chi connectivity index (χ0n) is 14.0. The van der Waals surface area contributed by atoms with Crippen LogP contribution in [-0.4, -0.2) is 11.7 Å². The van der Waals surface area contributed by atoms with Crippen LogP contribution in [0.5, 0.6) is 5.75 Å². The Hall–Kier alpha value is -1.02. The second kappa shape index (κ2) is 10.7. The lowest BCUT2D eigenvalue weighted by Gasteiger charge is -2.14. The van der Waals surface area contributed by atoms with Gasteiger partial charge in [0.2, 0.25) is 0 Å². The molecule has 2 nitrogen and oxygen atoms in total. The summed E-state index contributed by atoms with van der Waals surface area (Å²) >= 11 is 0. The average Bonchev–Trinajstić information content (AvgIpc) is 2.46. The first-order chi connectivity index (χ1) is 10.1. The van der Waals surface area contributed by atoms with E-state index >= 15 is 0 Å². The molecule has 120 valence electrons. The summed E-state index contributed by atoms with van der Waals surface area (Å²) in [4.78, 5) is 0. The normalized spacial score (nSPS) is 12.4. The second-order valence-corrected chi connectivity index (χ2v) is 6.04. The van der Waals surface area contributed by atoms with Gasteiger partial charge < -0.3 is 9.84 Å².